The van der Waals surface area contributed by atoms with E-state index in [1.807, 2.05) is 12.1 Å². The third-order valence-corrected chi connectivity index (χ3v) is 3.74. The average molecular weight is 248 g/mol. The van der Waals surface area contributed by atoms with Crippen molar-refractivity contribution in [3.63, 3.8) is 0 Å². The predicted molar refractivity (Wildman–Crippen MR) is 70.0 cm³/mol. The lowest BCUT2D eigenvalue weighted by molar-refractivity contribution is 0.247. The zero-order valence-corrected chi connectivity index (χ0v) is 10.9. The molecule has 2 aliphatic rings. The van der Waals surface area contributed by atoms with Gasteiger partial charge >= 0.3 is 0 Å². The minimum absolute atomic E-state index is 0.575. The normalized spacial score (nSPS) is 21.1. The van der Waals surface area contributed by atoms with Crippen LogP contribution >= 0.6 is 0 Å². The fourth-order valence-corrected chi connectivity index (χ4v) is 2.42. The Labute approximate surface area is 108 Å². The van der Waals surface area contributed by atoms with E-state index in [4.69, 9.17) is 4.74 Å². The van der Waals surface area contributed by atoms with Gasteiger partial charge in [0.2, 0.25) is 5.88 Å². The third-order valence-electron chi connectivity index (χ3n) is 3.74. The molecule has 0 N–H and O–H groups in total. The summed E-state index contributed by atoms with van der Waals surface area (Å²) in [5.41, 5.74) is 0. The molecule has 1 saturated heterocycles. The van der Waals surface area contributed by atoms with E-state index in [1.165, 1.54) is 19.4 Å². The van der Waals surface area contributed by atoms with Crippen molar-refractivity contribution in [2.75, 3.05) is 44.7 Å². The van der Waals surface area contributed by atoms with Crippen molar-refractivity contribution < 1.29 is 4.74 Å². The fraction of sp³-hybridized carbons (Fsp3) is 0.692. The van der Waals surface area contributed by atoms with Gasteiger partial charge in [-0.2, -0.15) is 0 Å². The smallest absolute Gasteiger partial charge is 0.233 e. The van der Waals surface area contributed by atoms with Crippen molar-refractivity contribution in [3.05, 3.63) is 12.1 Å². The molecule has 1 saturated carbocycles. The van der Waals surface area contributed by atoms with E-state index in [2.05, 4.69) is 20.0 Å². The maximum Gasteiger partial charge on any atom is 0.233 e. The molecule has 1 aliphatic heterocycles. The molecule has 1 aromatic rings. The van der Waals surface area contributed by atoms with Gasteiger partial charge in [-0.15, -0.1) is 10.2 Å². The van der Waals surface area contributed by atoms with E-state index in [0.29, 0.717) is 5.88 Å². The summed E-state index contributed by atoms with van der Waals surface area (Å²) in [6.07, 6.45) is 2.87. The Morgan fingerprint density at radius 3 is 2.50 bits per heavy atom. The average Bonchev–Trinajstić information content (AvgIpc) is 3.24. The van der Waals surface area contributed by atoms with Crippen LogP contribution in [-0.4, -0.2) is 54.9 Å². The molecule has 2 fully saturated rings. The summed E-state index contributed by atoms with van der Waals surface area (Å²) >= 11 is 0. The first-order valence-corrected chi connectivity index (χ1v) is 6.70. The van der Waals surface area contributed by atoms with Crippen LogP contribution in [0.1, 0.15) is 12.8 Å². The van der Waals surface area contributed by atoms with Gasteiger partial charge in [-0.3, -0.25) is 4.90 Å². The first kappa shape index (κ1) is 11.7. The van der Waals surface area contributed by atoms with E-state index >= 15 is 0 Å². The van der Waals surface area contributed by atoms with E-state index in [0.717, 1.165) is 37.9 Å². The number of rotatable bonds is 4. The van der Waals surface area contributed by atoms with Gasteiger partial charge in [-0.05, 0) is 24.8 Å². The van der Waals surface area contributed by atoms with Gasteiger partial charge in [-0.1, -0.05) is 0 Å². The Morgan fingerprint density at radius 2 is 1.94 bits per heavy atom. The Bertz CT molecular complexity index is 382. The Hall–Kier alpha value is -1.36. The first-order valence-electron chi connectivity index (χ1n) is 6.70. The summed E-state index contributed by atoms with van der Waals surface area (Å²) in [6.45, 7) is 5.68. The van der Waals surface area contributed by atoms with Crippen LogP contribution in [0.25, 0.3) is 0 Å². The number of anilines is 1. The number of methoxy groups -OCH3 is 1. The van der Waals surface area contributed by atoms with Crippen molar-refractivity contribution in [2.24, 2.45) is 5.92 Å². The molecule has 0 aromatic carbocycles. The highest BCUT2D eigenvalue weighted by molar-refractivity contribution is 5.38. The summed E-state index contributed by atoms with van der Waals surface area (Å²) in [6, 6.07) is 3.86. The molecular formula is C13H20N4O. The second-order valence-electron chi connectivity index (χ2n) is 5.16. The number of hydrogen-bond acceptors (Lipinski definition) is 5. The molecule has 0 unspecified atom stereocenters. The summed E-state index contributed by atoms with van der Waals surface area (Å²) in [4.78, 5) is 4.88. The molecule has 0 bridgehead atoms. The standard InChI is InChI=1S/C13H20N4O/c1-18-13-5-4-12(14-15-13)17-8-6-16(7-9-17)10-11-2-3-11/h4-5,11H,2-3,6-10H2,1H3. The molecule has 1 aliphatic carbocycles. The van der Waals surface area contributed by atoms with Gasteiger partial charge in [0.25, 0.3) is 0 Å². The number of piperazine rings is 1. The number of nitrogens with zero attached hydrogens (tertiary/aromatic N) is 4. The molecule has 0 radical (unpaired) electrons. The molecule has 1 aromatic heterocycles. The van der Waals surface area contributed by atoms with Gasteiger partial charge in [-0.25, -0.2) is 0 Å². The van der Waals surface area contributed by atoms with Crippen LogP contribution in [0.2, 0.25) is 0 Å². The zero-order chi connectivity index (χ0) is 12.4. The summed E-state index contributed by atoms with van der Waals surface area (Å²) in [7, 11) is 1.61. The van der Waals surface area contributed by atoms with Crippen molar-refractivity contribution in [1.82, 2.24) is 15.1 Å². The highest BCUT2D eigenvalue weighted by Crippen LogP contribution is 2.30. The highest BCUT2D eigenvalue weighted by Gasteiger charge is 2.26. The lowest BCUT2D eigenvalue weighted by Gasteiger charge is -2.35. The highest BCUT2D eigenvalue weighted by atomic mass is 16.5. The monoisotopic (exact) mass is 248 g/mol. The number of hydrogen-bond donors (Lipinski definition) is 0. The van der Waals surface area contributed by atoms with Crippen LogP contribution < -0.4 is 9.64 Å². The van der Waals surface area contributed by atoms with Gasteiger partial charge in [0.15, 0.2) is 5.82 Å². The Morgan fingerprint density at radius 1 is 1.17 bits per heavy atom. The quantitative estimate of drug-likeness (QED) is 0.795. The van der Waals surface area contributed by atoms with Crippen molar-refractivity contribution in [1.29, 1.82) is 0 Å². The van der Waals surface area contributed by atoms with E-state index in [-0.39, 0.29) is 0 Å². The minimum atomic E-state index is 0.575. The maximum absolute atomic E-state index is 5.02. The van der Waals surface area contributed by atoms with Crippen LogP contribution in [-0.2, 0) is 0 Å². The van der Waals surface area contributed by atoms with Crippen molar-refractivity contribution in [3.8, 4) is 5.88 Å². The van der Waals surface area contributed by atoms with E-state index < -0.39 is 0 Å². The second-order valence-corrected chi connectivity index (χ2v) is 5.16. The number of aromatic nitrogens is 2. The Balaban J connectivity index is 1.54. The molecule has 2 heterocycles. The fourth-order valence-electron chi connectivity index (χ4n) is 2.42. The molecule has 5 nitrogen and oxygen atoms in total. The predicted octanol–water partition coefficient (Wildman–Crippen LogP) is 1.02. The van der Waals surface area contributed by atoms with E-state index in [1.54, 1.807) is 7.11 Å². The van der Waals surface area contributed by atoms with Crippen molar-refractivity contribution >= 4 is 5.82 Å². The molecule has 98 valence electrons. The summed E-state index contributed by atoms with van der Waals surface area (Å²) in [5, 5.41) is 8.23. The maximum atomic E-state index is 5.02. The third kappa shape index (κ3) is 2.72. The van der Waals surface area contributed by atoms with Gasteiger partial charge in [0.1, 0.15) is 0 Å². The molecular weight excluding hydrogens is 228 g/mol. The van der Waals surface area contributed by atoms with Gasteiger partial charge in [0, 0.05) is 38.8 Å². The largest absolute Gasteiger partial charge is 0.480 e. The van der Waals surface area contributed by atoms with Crippen LogP contribution in [0.4, 0.5) is 5.82 Å². The van der Waals surface area contributed by atoms with Crippen LogP contribution in [0, 0.1) is 5.92 Å². The molecule has 0 atom stereocenters. The van der Waals surface area contributed by atoms with Crippen LogP contribution in [0.15, 0.2) is 12.1 Å². The molecule has 18 heavy (non-hydrogen) atoms. The molecule has 0 amide bonds. The lowest BCUT2D eigenvalue weighted by atomic mass is 10.3. The SMILES string of the molecule is COc1ccc(N2CCN(CC3CC3)CC2)nn1. The van der Waals surface area contributed by atoms with E-state index in [9.17, 15) is 0 Å². The Kier molecular flexibility index (Phi) is 3.32. The molecule has 5 heteroatoms. The molecule has 3 rings (SSSR count). The van der Waals surface area contributed by atoms with Gasteiger partial charge in [0.05, 0.1) is 7.11 Å². The van der Waals surface area contributed by atoms with Gasteiger partial charge < -0.3 is 9.64 Å². The first-order chi connectivity index (χ1) is 8.85. The second kappa shape index (κ2) is 5.10. The van der Waals surface area contributed by atoms with Crippen LogP contribution in [0.3, 0.4) is 0 Å². The van der Waals surface area contributed by atoms with Crippen LogP contribution in [0.5, 0.6) is 5.88 Å². The minimum Gasteiger partial charge on any atom is -0.480 e. The lowest BCUT2D eigenvalue weighted by Crippen LogP contribution is -2.47. The zero-order valence-electron chi connectivity index (χ0n) is 10.9. The summed E-state index contributed by atoms with van der Waals surface area (Å²) in [5.74, 6) is 2.52. The molecule has 0 spiro atoms. The topological polar surface area (TPSA) is 41.5 Å². The summed E-state index contributed by atoms with van der Waals surface area (Å²) < 4.78 is 5.02. The number of ether oxygens (including phenoxy) is 1. The van der Waals surface area contributed by atoms with Crippen molar-refractivity contribution in [2.45, 2.75) is 12.8 Å².